The molecule has 2 aromatic rings. The third-order valence-corrected chi connectivity index (χ3v) is 7.04. The molecule has 3 fully saturated rings. The Balaban J connectivity index is 1.25. The number of aryl methyl sites for hydroxylation is 1. The van der Waals surface area contributed by atoms with Gasteiger partial charge in [-0.15, -0.1) is 0 Å². The fourth-order valence-corrected chi connectivity index (χ4v) is 4.56. The summed E-state index contributed by atoms with van der Waals surface area (Å²) in [4.78, 5) is 17.8. The van der Waals surface area contributed by atoms with Gasteiger partial charge in [0.1, 0.15) is 0 Å². The number of hydrogen-bond acceptors (Lipinski definition) is 4. The third-order valence-electron chi connectivity index (χ3n) is 7.04. The average Bonchev–Trinajstić information content (AvgIpc) is 3.56. The predicted molar refractivity (Wildman–Crippen MR) is 119 cm³/mol. The van der Waals surface area contributed by atoms with Crippen molar-refractivity contribution in [3.63, 3.8) is 0 Å². The summed E-state index contributed by atoms with van der Waals surface area (Å²) in [6.07, 6.45) is 2.33. The molecule has 2 saturated heterocycles. The Kier molecular flexibility index (Phi) is 5.13. The number of likely N-dealkylation sites (N-methyl/N-ethyl adjacent to an activating group) is 1. The van der Waals surface area contributed by atoms with Crippen LogP contribution in [0, 0.1) is 18.7 Å². The fourth-order valence-electron chi connectivity index (χ4n) is 4.56. The van der Waals surface area contributed by atoms with Crippen molar-refractivity contribution in [3.8, 4) is 5.75 Å². The molecular formula is C25H30FN3O2. The van der Waals surface area contributed by atoms with Crippen LogP contribution in [0.2, 0.25) is 0 Å². The summed E-state index contributed by atoms with van der Waals surface area (Å²) >= 11 is 0. The van der Waals surface area contributed by atoms with E-state index in [0.717, 1.165) is 29.9 Å². The van der Waals surface area contributed by atoms with Gasteiger partial charge in [-0.25, -0.2) is 4.39 Å². The zero-order valence-corrected chi connectivity index (χ0v) is 18.4. The first-order chi connectivity index (χ1) is 14.9. The first-order valence-corrected chi connectivity index (χ1v) is 11.2. The molecule has 2 heterocycles. The van der Waals surface area contributed by atoms with Gasteiger partial charge in [0.25, 0.3) is 5.91 Å². The van der Waals surface area contributed by atoms with Crippen LogP contribution in [0.5, 0.6) is 5.75 Å². The topological polar surface area (TPSA) is 44.8 Å². The highest BCUT2D eigenvalue weighted by Gasteiger charge is 2.49. The number of ether oxygens (including phenoxy) is 1. The molecule has 0 bridgehead atoms. The molecular weight excluding hydrogens is 393 g/mol. The first kappa shape index (κ1) is 20.3. The van der Waals surface area contributed by atoms with E-state index in [1.54, 1.807) is 6.07 Å². The van der Waals surface area contributed by atoms with Gasteiger partial charge >= 0.3 is 0 Å². The maximum absolute atomic E-state index is 14.4. The molecule has 1 N–H and O–H groups in total. The van der Waals surface area contributed by atoms with E-state index in [1.807, 2.05) is 32.0 Å². The zero-order chi connectivity index (χ0) is 21.7. The second kappa shape index (κ2) is 7.83. The number of piperazine rings is 1. The molecule has 31 heavy (non-hydrogen) atoms. The van der Waals surface area contributed by atoms with Crippen LogP contribution in [-0.4, -0.2) is 49.6 Å². The number of fused-ring (bicyclic) bond motifs is 1. The first-order valence-electron chi connectivity index (χ1n) is 11.2. The van der Waals surface area contributed by atoms with E-state index >= 15 is 0 Å². The molecule has 3 aliphatic rings. The third kappa shape index (κ3) is 3.89. The van der Waals surface area contributed by atoms with Crippen molar-refractivity contribution in [3.05, 3.63) is 58.9 Å². The molecule has 2 aliphatic heterocycles. The standard InChI is InChI=1S/C25H30FN3O2/c1-15-4-8-19(29-13-22-23(29)12-28(22)3)11-20(15)25(30)27-16(2)18-7-9-24(21(26)10-18)31-14-17-5-6-17/h4,7-11,16-17,22-23H,5-6,12-14H2,1-3H3,(H,27,30)/t16-,22?,23+/m1/s1. The van der Waals surface area contributed by atoms with Crippen LogP contribution < -0.4 is 15.0 Å². The van der Waals surface area contributed by atoms with E-state index in [-0.39, 0.29) is 23.5 Å². The number of hydrogen-bond donors (Lipinski definition) is 1. The second-order valence-corrected chi connectivity index (χ2v) is 9.37. The number of rotatable bonds is 7. The lowest BCUT2D eigenvalue weighted by Gasteiger charge is -2.62. The van der Waals surface area contributed by atoms with Gasteiger partial charge in [0.05, 0.1) is 18.7 Å². The molecule has 1 amide bonds. The predicted octanol–water partition coefficient (Wildman–Crippen LogP) is 3.92. The largest absolute Gasteiger partial charge is 0.490 e. The Morgan fingerprint density at radius 3 is 2.65 bits per heavy atom. The average molecular weight is 424 g/mol. The van der Waals surface area contributed by atoms with Crippen molar-refractivity contribution >= 4 is 11.6 Å². The van der Waals surface area contributed by atoms with Gasteiger partial charge in [0.2, 0.25) is 0 Å². The second-order valence-electron chi connectivity index (χ2n) is 9.37. The minimum atomic E-state index is -0.379. The number of benzene rings is 2. The normalized spacial score (nSPS) is 23.4. The fraction of sp³-hybridized carbons (Fsp3) is 0.480. The summed E-state index contributed by atoms with van der Waals surface area (Å²) in [5.41, 5.74) is 3.43. The van der Waals surface area contributed by atoms with Gasteiger partial charge in [-0.05, 0) is 75.0 Å². The van der Waals surface area contributed by atoms with E-state index < -0.39 is 0 Å². The van der Waals surface area contributed by atoms with Crippen molar-refractivity contribution < 1.29 is 13.9 Å². The van der Waals surface area contributed by atoms with E-state index in [9.17, 15) is 9.18 Å². The lowest BCUT2D eigenvalue weighted by Crippen LogP contribution is -2.78. The number of amides is 1. The molecule has 0 spiro atoms. The quantitative estimate of drug-likeness (QED) is 0.733. The van der Waals surface area contributed by atoms with E-state index in [0.29, 0.717) is 30.2 Å². The van der Waals surface area contributed by atoms with Crippen molar-refractivity contribution in [2.75, 3.05) is 31.6 Å². The highest BCUT2D eigenvalue weighted by atomic mass is 19.1. The SMILES string of the molecule is Cc1ccc(N2CC3[C@@H]2CN3C)cc1C(=O)N[C@H](C)c1ccc(OCC2CC2)c(F)c1. The number of carbonyl (C=O) groups excluding carboxylic acids is 1. The van der Waals surface area contributed by atoms with Crippen molar-refractivity contribution in [1.29, 1.82) is 0 Å². The summed E-state index contributed by atoms with van der Waals surface area (Å²) in [6, 6.07) is 11.9. The summed E-state index contributed by atoms with van der Waals surface area (Å²) < 4.78 is 20.0. The van der Waals surface area contributed by atoms with Crippen molar-refractivity contribution in [1.82, 2.24) is 10.2 Å². The van der Waals surface area contributed by atoms with Gasteiger partial charge in [-0.1, -0.05) is 12.1 Å². The molecule has 1 aliphatic carbocycles. The van der Waals surface area contributed by atoms with Gasteiger partial charge in [-0.2, -0.15) is 0 Å². The minimum Gasteiger partial charge on any atom is -0.490 e. The summed E-state index contributed by atoms with van der Waals surface area (Å²) in [5.74, 6) is 0.343. The molecule has 2 aromatic carbocycles. The smallest absolute Gasteiger partial charge is 0.252 e. The molecule has 5 rings (SSSR count). The van der Waals surface area contributed by atoms with Crippen molar-refractivity contribution in [2.45, 2.75) is 44.8 Å². The number of anilines is 1. The van der Waals surface area contributed by atoms with Crippen LogP contribution in [0.4, 0.5) is 10.1 Å². The van der Waals surface area contributed by atoms with Crippen LogP contribution in [0.15, 0.2) is 36.4 Å². The number of carbonyl (C=O) groups is 1. The Hall–Kier alpha value is -2.60. The Bertz CT molecular complexity index is 1010. The molecule has 6 heteroatoms. The molecule has 3 atom stereocenters. The molecule has 164 valence electrons. The number of likely N-dealkylation sites (tertiary alicyclic amines) is 1. The minimum absolute atomic E-state index is 0.135. The molecule has 1 saturated carbocycles. The number of nitrogens with zero attached hydrogens (tertiary/aromatic N) is 2. The Morgan fingerprint density at radius 1 is 1.19 bits per heavy atom. The van der Waals surface area contributed by atoms with Crippen LogP contribution in [0.25, 0.3) is 0 Å². The van der Waals surface area contributed by atoms with Gasteiger partial charge in [0.15, 0.2) is 11.6 Å². The Labute approximate surface area is 183 Å². The van der Waals surface area contributed by atoms with Crippen LogP contribution in [0.3, 0.4) is 0 Å². The zero-order valence-electron chi connectivity index (χ0n) is 18.4. The highest BCUT2D eigenvalue weighted by Crippen LogP contribution is 2.37. The van der Waals surface area contributed by atoms with Gasteiger partial charge in [-0.3, -0.25) is 9.69 Å². The maximum Gasteiger partial charge on any atom is 0.252 e. The van der Waals surface area contributed by atoms with E-state index in [2.05, 4.69) is 28.2 Å². The van der Waals surface area contributed by atoms with Gasteiger partial charge < -0.3 is 15.0 Å². The lowest BCUT2D eigenvalue weighted by molar-refractivity contribution is 0.0368. The van der Waals surface area contributed by atoms with Crippen LogP contribution in [0.1, 0.15) is 47.3 Å². The molecule has 0 aromatic heterocycles. The summed E-state index contributed by atoms with van der Waals surface area (Å²) in [7, 11) is 2.16. The summed E-state index contributed by atoms with van der Waals surface area (Å²) in [6.45, 7) is 6.48. The van der Waals surface area contributed by atoms with E-state index in [1.165, 1.54) is 18.9 Å². The highest BCUT2D eigenvalue weighted by molar-refractivity contribution is 5.97. The maximum atomic E-state index is 14.4. The Morgan fingerprint density at radius 2 is 2.00 bits per heavy atom. The lowest BCUT2D eigenvalue weighted by atomic mass is 9.85. The van der Waals surface area contributed by atoms with Crippen LogP contribution >= 0.6 is 0 Å². The monoisotopic (exact) mass is 423 g/mol. The number of halogens is 1. The van der Waals surface area contributed by atoms with Gasteiger partial charge in [0, 0.05) is 30.4 Å². The van der Waals surface area contributed by atoms with E-state index in [4.69, 9.17) is 4.74 Å². The van der Waals surface area contributed by atoms with Crippen LogP contribution in [-0.2, 0) is 0 Å². The molecule has 0 radical (unpaired) electrons. The summed E-state index contributed by atoms with van der Waals surface area (Å²) in [5, 5.41) is 3.03. The van der Waals surface area contributed by atoms with Crippen molar-refractivity contribution in [2.24, 2.45) is 5.92 Å². The molecule has 5 nitrogen and oxygen atoms in total. The number of nitrogens with one attached hydrogen (secondary N) is 1. The molecule has 1 unspecified atom stereocenters.